The van der Waals surface area contributed by atoms with Crippen LogP contribution < -0.4 is 0 Å². The molecule has 1 aromatic rings. The van der Waals surface area contributed by atoms with Crippen LogP contribution in [-0.4, -0.2) is 0 Å². The molecule has 0 atom stereocenters. The number of allylic oxidation sites excluding steroid dienone is 6. The van der Waals surface area contributed by atoms with Crippen LogP contribution in [-0.2, 0) is 0 Å². The first kappa shape index (κ1) is 48.2. The van der Waals surface area contributed by atoms with Crippen molar-refractivity contribution in [1.29, 1.82) is 0 Å². The topological polar surface area (TPSA) is 0 Å². The van der Waals surface area contributed by atoms with Crippen molar-refractivity contribution in [3.05, 3.63) is 72.9 Å². The molecule has 1 fully saturated rings. The summed E-state index contributed by atoms with van der Waals surface area (Å²) in [4.78, 5) is 0. The van der Waals surface area contributed by atoms with Crippen molar-refractivity contribution in [2.24, 2.45) is 0 Å². The summed E-state index contributed by atoms with van der Waals surface area (Å²) in [5.41, 5.74) is 0. The van der Waals surface area contributed by atoms with Crippen LogP contribution in [0.3, 0.4) is 0 Å². The molecule has 0 nitrogen and oxygen atoms in total. The fourth-order valence-electron chi connectivity index (χ4n) is 3.73. The lowest BCUT2D eigenvalue weighted by Crippen LogP contribution is -1.85. The summed E-state index contributed by atoms with van der Waals surface area (Å²) in [5, 5.41) is 0. The Labute approximate surface area is 257 Å². The van der Waals surface area contributed by atoms with Crippen LogP contribution in [0.5, 0.6) is 0 Å². The minimum Gasteiger partial charge on any atom is -0.0885 e. The maximum atomic E-state index is 2.27. The van der Waals surface area contributed by atoms with Crippen molar-refractivity contribution in [3.63, 3.8) is 0 Å². The smallest absolute Gasteiger partial charge is 0.0351 e. The van der Waals surface area contributed by atoms with Gasteiger partial charge in [-0.15, -0.1) is 0 Å². The molecule has 0 radical (unpaired) electrons. The van der Waals surface area contributed by atoms with E-state index in [0.29, 0.717) is 0 Å². The van der Waals surface area contributed by atoms with Crippen LogP contribution in [0.25, 0.3) is 0 Å². The fourth-order valence-corrected chi connectivity index (χ4v) is 3.73. The summed E-state index contributed by atoms with van der Waals surface area (Å²) in [6, 6.07) is 12.0. The third-order valence-electron chi connectivity index (χ3n) is 5.64. The maximum absolute atomic E-state index is 2.27. The zero-order chi connectivity index (χ0) is 31.2. The van der Waals surface area contributed by atoms with Gasteiger partial charge in [0.2, 0.25) is 0 Å². The van der Waals surface area contributed by atoms with Gasteiger partial charge >= 0.3 is 0 Å². The largest absolute Gasteiger partial charge is 0.0885 e. The van der Waals surface area contributed by atoms with Crippen molar-refractivity contribution in [3.8, 4) is 0 Å². The minimum atomic E-state index is 1.32. The van der Waals surface area contributed by atoms with E-state index in [0.717, 1.165) is 0 Å². The van der Waals surface area contributed by atoms with E-state index in [2.05, 4.69) is 36.5 Å². The highest BCUT2D eigenvalue weighted by Crippen LogP contribution is 2.15. The molecule has 5 rings (SSSR count). The lowest BCUT2D eigenvalue weighted by atomic mass is 10.0. The van der Waals surface area contributed by atoms with E-state index in [1.807, 2.05) is 106 Å². The Bertz CT molecular complexity index is 399. The number of hydrogen-bond donors (Lipinski definition) is 0. The lowest BCUT2D eigenvalue weighted by molar-refractivity contribution is 0.504. The Morgan fingerprint density at radius 3 is 0.400 bits per heavy atom. The molecule has 238 valence electrons. The summed E-state index contributed by atoms with van der Waals surface area (Å²) in [5.74, 6) is 0. The zero-order valence-electron chi connectivity index (χ0n) is 29.7. The second-order valence-electron chi connectivity index (χ2n) is 8.54. The second kappa shape index (κ2) is 61.5. The first-order valence-corrected chi connectivity index (χ1v) is 17.9. The Hall–Kier alpha value is -1.56. The quantitative estimate of drug-likeness (QED) is 0.278. The SMILES string of the molecule is C1=CCCCC1.C1=CCCCC1.C1=CCCCC1.C1CCCCC1.CC.CC.CC.CC.CC.c1ccccc1. The molecular weight excluding hydrogens is 480 g/mol. The van der Waals surface area contributed by atoms with Crippen molar-refractivity contribution < 1.29 is 0 Å². The molecule has 0 bridgehead atoms. The molecular formula is C40H78. The Morgan fingerprint density at radius 2 is 0.325 bits per heavy atom. The average molecular weight is 559 g/mol. The van der Waals surface area contributed by atoms with Crippen molar-refractivity contribution in [2.45, 2.75) is 185 Å². The summed E-state index contributed by atoms with van der Waals surface area (Å²) in [7, 11) is 0. The van der Waals surface area contributed by atoms with Gasteiger partial charge in [-0.1, -0.05) is 181 Å². The van der Waals surface area contributed by atoms with Crippen molar-refractivity contribution >= 4 is 0 Å². The Morgan fingerprint density at radius 1 is 0.200 bits per heavy atom. The predicted molar refractivity (Wildman–Crippen MR) is 194 cm³/mol. The maximum Gasteiger partial charge on any atom is -0.0351 e. The molecule has 0 heteroatoms. The first-order chi connectivity index (χ1) is 20.0. The predicted octanol–water partition coefficient (Wildman–Crippen LogP) is 15.5. The Balaban J connectivity index is -0.000000118. The van der Waals surface area contributed by atoms with E-state index in [9.17, 15) is 0 Å². The number of benzene rings is 1. The van der Waals surface area contributed by atoms with Crippen molar-refractivity contribution in [1.82, 2.24) is 0 Å². The summed E-state index contributed by atoms with van der Waals surface area (Å²) < 4.78 is 0. The van der Waals surface area contributed by atoms with E-state index in [1.54, 1.807) is 0 Å². The van der Waals surface area contributed by atoms with E-state index in [-0.39, 0.29) is 0 Å². The molecule has 40 heavy (non-hydrogen) atoms. The van der Waals surface area contributed by atoms with Gasteiger partial charge in [0, 0.05) is 0 Å². The van der Waals surface area contributed by atoms with Gasteiger partial charge in [-0.05, 0) is 77.0 Å². The molecule has 0 aliphatic heterocycles. The van der Waals surface area contributed by atoms with Gasteiger partial charge in [0.15, 0.2) is 0 Å². The van der Waals surface area contributed by atoms with Crippen LogP contribution in [0.2, 0.25) is 0 Å². The minimum absolute atomic E-state index is 1.32. The molecule has 0 heterocycles. The van der Waals surface area contributed by atoms with E-state index in [1.165, 1.54) is 116 Å². The number of hydrogen-bond acceptors (Lipinski definition) is 0. The highest BCUT2D eigenvalue weighted by atomic mass is 14.0. The molecule has 1 saturated carbocycles. The van der Waals surface area contributed by atoms with Gasteiger partial charge in [-0.2, -0.15) is 0 Å². The molecule has 4 aliphatic rings. The first-order valence-electron chi connectivity index (χ1n) is 17.9. The highest BCUT2D eigenvalue weighted by molar-refractivity contribution is 4.99. The van der Waals surface area contributed by atoms with Crippen LogP contribution in [0, 0.1) is 0 Å². The van der Waals surface area contributed by atoms with Gasteiger partial charge in [0.25, 0.3) is 0 Å². The van der Waals surface area contributed by atoms with Gasteiger partial charge in [0.05, 0.1) is 0 Å². The normalized spacial score (nSPS) is 15.2. The van der Waals surface area contributed by atoms with Gasteiger partial charge in [-0.25, -0.2) is 0 Å². The van der Waals surface area contributed by atoms with Crippen LogP contribution in [0.15, 0.2) is 72.9 Å². The van der Waals surface area contributed by atoms with Gasteiger partial charge in [-0.3, -0.25) is 0 Å². The summed E-state index contributed by atoms with van der Waals surface area (Å²) in [6.45, 7) is 20.0. The van der Waals surface area contributed by atoms with Crippen LogP contribution >= 0.6 is 0 Å². The number of rotatable bonds is 0. The van der Waals surface area contributed by atoms with Gasteiger partial charge in [0.1, 0.15) is 0 Å². The van der Waals surface area contributed by atoms with Crippen LogP contribution in [0.1, 0.15) is 185 Å². The molecule has 0 spiro atoms. The molecule has 0 amide bonds. The van der Waals surface area contributed by atoms with E-state index in [4.69, 9.17) is 0 Å². The molecule has 0 saturated heterocycles. The second-order valence-corrected chi connectivity index (χ2v) is 8.54. The molecule has 0 aromatic heterocycles. The van der Waals surface area contributed by atoms with E-state index < -0.39 is 0 Å². The summed E-state index contributed by atoms with van der Waals surface area (Å²) >= 11 is 0. The molecule has 1 aromatic carbocycles. The summed E-state index contributed by atoms with van der Waals surface area (Å²) in [6.07, 6.45) is 39.0. The molecule has 4 aliphatic carbocycles. The monoisotopic (exact) mass is 559 g/mol. The van der Waals surface area contributed by atoms with Crippen LogP contribution in [0.4, 0.5) is 0 Å². The highest BCUT2D eigenvalue weighted by Gasteiger charge is 1.95. The Kier molecular flexibility index (Phi) is 74.0. The standard InChI is InChI=1S/C6H12.3C6H10.C6H6.5C2H6/c5*1-2-4-6-5-3-1;5*1-2/h1-6H2;3*1-2H,3-6H2;1-6H;5*1-2H3. The molecule has 0 N–H and O–H groups in total. The van der Waals surface area contributed by atoms with E-state index >= 15 is 0 Å². The third-order valence-corrected chi connectivity index (χ3v) is 5.64. The fraction of sp³-hybridized carbons (Fsp3) is 0.700. The van der Waals surface area contributed by atoms with Crippen molar-refractivity contribution in [2.75, 3.05) is 0 Å². The van der Waals surface area contributed by atoms with Gasteiger partial charge < -0.3 is 0 Å². The zero-order valence-corrected chi connectivity index (χ0v) is 29.7. The molecule has 0 unspecified atom stereocenters. The lowest BCUT2D eigenvalue weighted by Gasteiger charge is -2.05. The third kappa shape index (κ3) is 56.6. The average Bonchev–Trinajstić information content (AvgIpc) is 3.14.